The van der Waals surface area contributed by atoms with Gasteiger partial charge in [0.1, 0.15) is 13.2 Å². The summed E-state index contributed by atoms with van der Waals surface area (Å²) in [5.74, 6) is 2.18. The number of hydrogen-bond donors (Lipinski definition) is 1. The van der Waals surface area contributed by atoms with Crippen LogP contribution >= 0.6 is 0 Å². The lowest BCUT2D eigenvalue weighted by Crippen LogP contribution is -2.19. The first kappa shape index (κ1) is 14.7. The fourth-order valence-electron chi connectivity index (χ4n) is 2.56. The maximum Gasteiger partial charge on any atom is 0.203 e. The molecule has 0 saturated heterocycles. The van der Waals surface area contributed by atoms with Gasteiger partial charge in [0.05, 0.1) is 7.11 Å². The molecular formula is C18H21NO3. The SMILES string of the molecule is COc1cc(CNC(C)c2ccccc2)cc2c1OCCO2. The molecule has 22 heavy (non-hydrogen) atoms. The van der Waals surface area contributed by atoms with Crippen LogP contribution in [0.25, 0.3) is 0 Å². The van der Waals surface area contributed by atoms with Gasteiger partial charge in [-0.05, 0) is 30.2 Å². The van der Waals surface area contributed by atoms with Gasteiger partial charge < -0.3 is 19.5 Å². The van der Waals surface area contributed by atoms with Gasteiger partial charge in [-0.2, -0.15) is 0 Å². The van der Waals surface area contributed by atoms with Crippen LogP contribution < -0.4 is 19.5 Å². The first-order valence-electron chi connectivity index (χ1n) is 7.53. The molecule has 0 spiro atoms. The molecule has 0 aromatic heterocycles. The van der Waals surface area contributed by atoms with Crippen LogP contribution in [-0.4, -0.2) is 20.3 Å². The van der Waals surface area contributed by atoms with E-state index in [9.17, 15) is 0 Å². The molecule has 4 heteroatoms. The normalized spacial score (nSPS) is 14.5. The van der Waals surface area contributed by atoms with Crippen LogP contribution in [0.2, 0.25) is 0 Å². The lowest BCUT2D eigenvalue weighted by Gasteiger charge is -2.22. The fraction of sp³-hybridized carbons (Fsp3) is 0.333. The van der Waals surface area contributed by atoms with E-state index in [1.54, 1.807) is 7.11 Å². The highest BCUT2D eigenvalue weighted by Gasteiger charge is 2.18. The average molecular weight is 299 g/mol. The van der Waals surface area contributed by atoms with Gasteiger partial charge in [0.25, 0.3) is 0 Å². The molecule has 1 aliphatic rings. The number of benzene rings is 2. The summed E-state index contributed by atoms with van der Waals surface area (Å²) in [5, 5.41) is 3.52. The van der Waals surface area contributed by atoms with E-state index >= 15 is 0 Å². The third kappa shape index (κ3) is 3.17. The van der Waals surface area contributed by atoms with Crippen LogP contribution in [-0.2, 0) is 6.54 Å². The molecule has 116 valence electrons. The summed E-state index contributed by atoms with van der Waals surface area (Å²) in [7, 11) is 1.65. The number of fused-ring (bicyclic) bond motifs is 1. The Morgan fingerprint density at radius 3 is 2.68 bits per heavy atom. The molecule has 1 unspecified atom stereocenters. The summed E-state index contributed by atoms with van der Waals surface area (Å²) < 4.78 is 16.7. The Balaban J connectivity index is 1.73. The molecule has 0 saturated carbocycles. The topological polar surface area (TPSA) is 39.7 Å². The van der Waals surface area contributed by atoms with E-state index in [1.165, 1.54) is 5.56 Å². The van der Waals surface area contributed by atoms with Gasteiger partial charge in [-0.15, -0.1) is 0 Å². The van der Waals surface area contributed by atoms with Crippen LogP contribution in [0.1, 0.15) is 24.1 Å². The second-order valence-electron chi connectivity index (χ2n) is 5.34. The highest BCUT2D eigenvalue weighted by atomic mass is 16.6. The van der Waals surface area contributed by atoms with Crippen molar-refractivity contribution in [1.29, 1.82) is 0 Å². The molecule has 3 rings (SSSR count). The van der Waals surface area contributed by atoms with Crippen molar-refractivity contribution in [3.05, 3.63) is 53.6 Å². The van der Waals surface area contributed by atoms with Gasteiger partial charge in [0.15, 0.2) is 11.5 Å². The Morgan fingerprint density at radius 1 is 1.14 bits per heavy atom. The molecule has 2 aromatic rings. The maximum atomic E-state index is 5.67. The van der Waals surface area contributed by atoms with Crippen LogP contribution in [0, 0.1) is 0 Å². The van der Waals surface area contributed by atoms with Crippen molar-refractivity contribution < 1.29 is 14.2 Å². The molecule has 0 aliphatic carbocycles. The minimum Gasteiger partial charge on any atom is -0.493 e. The van der Waals surface area contributed by atoms with Crippen molar-refractivity contribution in [3.8, 4) is 17.2 Å². The van der Waals surface area contributed by atoms with Gasteiger partial charge in [0, 0.05) is 12.6 Å². The van der Waals surface area contributed by atoms with E-state index < -0.39 is 0 Å². The lowest BCUT2D eigenvalue weighted by atomic mass is 10.1. The predicted molar refractivity (Wildman–Crippen MR) is 85.7 cm³/mol. The maximum absolute atomic E-state index is 5.67. The van der Waals surface area contributed by atoms with Crippen molar-refractivity contribution in [2.75, 3.05) is 20.3 Å². The minimum atomic E-state index is 0.278. The Labute approximate surface area is 131 Å². The Morgan fingerprint density at radius 2 is 1.91 bits per heavy atom. The van der Waals surface area contributed by atoms with Crippen molar-refractivity contribution >= 4 is 0 Å². The van der Waals surface area contributed by atoms with E-state index in [4.69, 9.17) is 14.2 Å². The molecule has 1 N–H and O–H groups in total. The zero-order valence-electron chi connectivity index (χ0n) is 13.0. The zero-order valence-corrected chi connectivity index (χ0v) is 13.0. The fourth-order valence-corrected chi connectivity index (χ4v) is 2.56. The largest absolute Gasteiger partial charge is 0.493 e. The molecule has 0 radical (unpaired) electrons. The molecule has 4 nitrogen and oxygen atoms in total. The van der Waals surface area contributed by atoms with E-state index in [0.717, 1.165) is 23.6 Å². The molecule has 1 aliphatic heterocycles. The van der Waals surface area contributed by atoms with Crippen LogP contribution in [0.5, 0.6) is 17.2 Å². The lowest BCUT2D eigenvalue weighted by molar-refractivity contribution is 0.165. The van der Waals surface area contributed by atoms with Gasteiger partial charge in [-0.1, -0.05) is 30.3 Å². The monoisotopic (exact) mass is 299 g/mol. The molecular weight excluding hydrogens is 278 g/mol. The van der Waals surface area contributed by atoms with Gasteiger partial charge in [-0.3, -0.25) is 0 Å². The Hall–Kier alpha value is -2.20. The quantitative estimate of drug-likeness (QED) is 0.919. The molecule has 1 heterocycles. The van der Waals surface area contributed by atoms with Crippen molar-refractivity contribution in [2.45, 2.75) is 19.5 Å². The van der Waals surface area contributed by atoms with E-state index in [1.807, 2.05) is 18.2 Å². The smallest absolute Gasteiger partial charge is 0.203 e. The molecule has 2 aromatic carbocycles. The second-order valence-corrected chi connectivity index (χ2v) is 5.34. The van der Waals surface area contributed by atoms with Crippen LogP contribution in [0.15, 0.2) is 42.5 Å². The molecule has 0 bridgehead atoms. The summed E-state index contributed by atoms with van der Waals surface area (Å²) >= 11 is 0. The van der Waals surface area contributed by atoms with E-state index in [2.05, 4.69) is 36.5 Å². The predicted octanol–water partition coefficient (Wildman–Crippen LogP) is 3.32. The number of ether oxygens (including phenoxy) is 3. The minimum absolute atomic E-state index is 0.278. The summed E-state index contributed by atoms with van der Waals surface area (Å²) in [6.45, 7) is 4.03. The summed E-state index contributed by atoms with van der Waals surface area (Å²) in [4.78, 5) is 0. The summed E-state index contributed by atoms with van der Waals surface area (Å²) in [6, 6.07) is 14.7. The summed E-state index contributed by atoms with van der Waals surface area (Å²) in [5.41, 5.74) is 2.39. The van der Waals surface area contributed by atoms with E-state index in [-0.39, 0.29) is 6.04 Å². The zero-order chi connectivity index (χ0) is 15.4. The van der Waals surface area contributed by atoms with Crippen LogP contribution in [0.3, 0.4) is 0 Å². The first-order chi connectivity index (χ1) is 10.8. The highest BCUT2D eigenvalue weighted by Crippen LogP contribution is 2.40. The van der Waals surface area contributed by atoms with Crippen LogP contribution in [0.4, 0.5) is 0 Å². The third-order valence-electron chi connectivity index (χ3n) is 3.80. The van der Waals surface area contributed by atoms with Gasteiger partial charge >= 0.3 is 0 Å². The average Bonchev–Trinajstić information content (AvgIpc) is 2.59. The Kier molecular flexibility index (Phi) is 4.49. The van der Waals surface area contributed by atoms with Gasteiger partial charge in [0.2, 0.25) is 5.75 Å². The number of methoxy groups -OCH3 is 1. The van der Waals surface area contributed by atoms with Crippen molar-refractivity contribution in [3.63, 3.8) is 0 Å². The summed E-state index contributed by atoms with van der Waals surface area (Å²) in [6.07, 6.45) is 0. The van der Waals surface area contributed by atoms with Gasteiger partial charge in [-0.25, -0.2) is 0 Å². The Bertz CT molecular complexity index is 610. The number of nitrogens with one attached hydrogen (secondary N) is 1. The van der Waals surface area contributed by atoms with E-state index in [0.29, 0.717) is 19.0 Å². The van der Waals surface area contributed by atoms with Crippen molar-refractivity contribution in [1.82, 2.24) is 5.32 Å². The molecule has 0 amide bonds. The third-order valence-corrected chi connectivity index (χ3v) is 3.80. The first-order valence-corrected chi connectivity index (χ1v) is 7.53. The second kappa shape index (κ2) is 6.71. The number of rotatable bonds is 5. The molecule has 1 atom stereocenters. The van der Waals surface area contributed by atoms with Crippen molar-refractivity contribution in [2.24, 2.45) is 0 Å². The molecule has 0 fully saturated rings. The standard InChI is InChI=1S/C18H21NO3/c1-13(15-6-4-3-5-7-15)19-12-14-10-16(20-2)18-17(11-14)21-8-9-22-18/h3-7,10-11,13,19H,8-9,12H2,1-2H3. The number of hydrogen-bond acceptors (Lipinski definition) is 4. The highest BCUT2D eigenvalue weighted by molar-refractivity contribution is 5.54.